The molecule has 2 aromatic heterocycles. The molecule has 2 amide bonds. The predicted octanol–water partition coefficient (Wildman–Crippen LogP) is 0.889. The molecule has 1 fully saturated rings. The summed E-state index contributed by atoms with van der Waals surface area (Å²) in [6.07, 6.45) is -0.295. The number of carbonyl (C=O) groups is 2. The molecule has 1 atom stereocenters. The van der Waals surface area contributed by atoms with Gasteiger partial charge in [0.2, 0.25) is 0 Å². The summed E-state index contributed by atoms with van der Waals surface area (Å²) < 4.78 is 21.0. The monoisotopic (exact) mass is 383 g/mol. The van der Waals surface area contributed by atoms with E-state index in [9.17, 15) is 14.0 Å². The fraction of sp³-hybridized carbons (Fsp3) is 0.176. The minimum absolute atomic E-state index is 0.0606. The third-order valence-electron chi connectivity index (χ3n) is 4.32. The highest BCUT2D eigenvalue weighted by atomic mass is 19.1. The molecule has 3 heterocycles. The lowest BCUT2D eigenvalue weighted by Gasteiger charge is -2.14. The first-order chi connectivity index (χ1) is 13.4. The molecule has 2 N–H and O–H groups in total. The van der Waals surface area contributed by atoms with Gasteiger partial charge in [0, 0.05) is 24.4 Å². The lowest BCUT2D eigenvalue weighted by Crippen LogP contribution is -2.32. The van der Waals surface area contributed by atoms with Crippen LogP contribution < -0.4 is 10.6 Å². The van der Waals surface area contributed by atoms with E-state index < -0.39 is 23.9 Å². The number of carbonyl (C=O) groups excluding carboxylic acids is 2. The van der Waals surface area contributed by atoms with Crippen molar-refractivity contribution in [2.75, 3.05) is 11.4 Å². The Morgan fingerprint density at radius 1 is 1.32 bits per heavy atom. The molecular weight excluding hydrogens is 369 g/mol. The number of benzene rings is 1. The highest BCUT2D eigenvalue weighted by Crippen LogP contribution is 2.29. The molecule has 3 aromatic rings. The summed E-state index contributed by atoms with van der Waals surface area (Å²) in [4.78, 5) is 28.5. The van der Waals surface area contributed by atoms with Crippen molar-refractivity contribution in [2.45, 2.75) is 6.10 Å². The third kappa shape index (κ3) is 3.02. The number of aryl methyl sites for hydroxylation is 1. The normalized spacial score (nSPS) is 16.3. The van der Waals surface area contributed by atoms with E-state index in [1.54, 1.807) is 25.2 Å². The number of primary amides is 1. The van der Waals surface area contributed by atoms with Crippen molar-refractivity contribution in [1.82, 2.24) is 25.2 Å². The maximum Gasteiger partial charge on any atom is 0.415 e. The van der Waals surface area contributed by atoms with Gasteiger partial charge in [0.25, 0.3) is 5.91 Å². The number of hydrogen-bond donors (Lipinski definition) is 1. The topological polar surface area (TPSA) is 129 Å². The number of amides is 2. The first-order valence-electron chi connectivity index (χ1n) is 8.20. The summed E-state index contributed by atoms with van der Waals surface area (Å²) in [6, 6.07) is 7.66. The van der Waals surface area contributed by atoms with Gasteiger partial charge in [-0.15, -0.1) is 5.10 Å². The van der Waals surface area contributed by atoms with E-state index in [4.69, 9.17) is 10.5 Å². The van der Waals surface area contributed by atoms with Gasteiger partial charge in [-0.2, -0.15) is 0 Å². The standard InChI is InChI=1S/C17H14FN7O3/c1-24-16(21-22-23-24)13-5-2-9(7-20-13)11-4-3-10(6-12(11)18)25-8-14(15(19)26)28-17(25)27/h2-7,14H,8H2,1H3,(H2,19,26)/t14-/m1/s1. The molecule has 1 saturated heterocycles. The molecule has 0 spiro atoms. The van der Waals surface area contributed by atoms with Gasteiger partial charge in [-0.1, -0.05) is 6.07 Å². The van der Waals surface area contributed by atoms with Crippen molar-refractivity contribution in [3.63, 3.8) is 0 Å². The number of nitrogens with two attached hydrogens (primary N) is 1. The van der Waals surface area contributed by atoms with Crippen LogP contribution in [0.5, 0.6) is 0 Å². The Kier molecular flexibility index (Phi) is 4.18. The van der Waals surface area contributed by atoms with Crippen LogP contribution in [-0.4, -0.2) is 49.8 Å². The zero-order chi connectivity index (χ0) is 19.8. The maximum atomic E-state index is 14.7. The summed E-state index contributed by atoms with van der Waals surface area (Å²) in [5.41, 5.74) is 6.81. The van der Waals surface area contributed by atoms with Gasteiger partial charge in [0.1, 0.15) is 11.5 Å². The lowest BCUT2D eigenvalue weighted by molar-refractivity contribution is -0.124. The zero-order valence-corrected chi connectivity index (χ0v) is 14.6. The van der Waals surface area contributed by atoms with Crippen LogP contribution in [0.3, 0.4) is 0 Å². The van der Waals surface area contributed by atoms with E-state index in [0.29, 0.717) is 22.6 Å². The molecule has 0 aliphatic carbocycles. The van der Waals surface area contributed by atoms with E-state index in [1.165, 1.54) is 23.0 Å². The molecule has 28 heavy (non-hydrogen) atoms. The smallest absolute Gasteiger partial charge is 0.415 e. The predicted molar refractivity (Wildman–Crippen MR) is 94.2 cm³/mol. The van der Waals surface area contributed by atoms with Gasteiger partial charge in [0.15, 0.2) is 11.9 Å². The number of aromatic nitrogens is 5. The highest BCUT2D eigenvalue weighted by molar-refractivity contribution is 5.95. The van der Waals surface area contributed by atoms with Crippen molar-refractivity contribution in [1.29, 1.82) is 0 Å². The van der Waals surface area contributed by atoms with Crippen LogP contribution in [0.25, 0.3) is 22.6 Å². The van der Waals surface area contributed by atoms with Gasteiger partial charge in [-0.05, 0) is 34.7 Å². The SMILES string of the molecule is Cn1nnnc1-c1ccc(-c2ccc(N3C[C@H](C(N)=O)OC3=O)cc2F)cn1. The molecule has 0 unspecified atom stereocenters. The molecule has 1 aliphatic rings. The van der Waals surface area contributed by atoms with Crippen molar-refractivity contribution >= 4 is 17.7 Å². The lowest BCUT2D eigenvalue weighted by atomic mass is 10.1. The first kappa shape index (κ1) is 17.5. The van der Waals surface area contributed by atoms with E-state index in [-0.39, 0.29) is 12.2 Å². The second-order valence-corrected chi connectivity index (χ2v) is 6.11. The van der Waals surface area contributed by atoms with Crippen LogP contribution in [0.1, 0.15) is 0 Å². The number of rotatable bonds is 4. The number of halogens is 1. The Labute approximate surface area is 157 Å². The molecule has 11 heteroatoms. The number of ether oxygens (including phenoxy) is 1. The van der Waals surface area contributed by atoms with Crippen LogP contribution >= 0.6 is 0 Å². The molecule has 0 saturated carbocycles. The number of nitrogens with zero attached hydrogens (tertiary/aromatic N) is 6. The number of cyclic esters (lactones) is 1. The van der Waals surface area contributed by atoms with Gasteiger partial charge in [-0.3, -0.25) is 14.7 Å². The number of pyridine rings is 1. The minimum Gasteiger partial charge on any atom is -0.434 e. The average Bonchev–Trinajstić information content (AvgIpc) is 3.28. The Balaban J connectivity index is 1.59. The molecule has 1 aliphatic heterocycles. The second kappa shape index (κ2) is 6.68. The average molecular weight is 383 g/mol. The molecular formula is C17H14FN7O3. The molecule has 10 nitrogen and oxygen atoms in total. The second-order valence-electron chi connectivity index (χ2n) is 6.11. The van der Waals surface area contributed by atoms with E-state index in [1.807, 2.05) is 0 Å². The molecule has 4 rings (SSSR count). The Morgan fingerprint density at radius 3 is 2.71 bits per heavy atom. The number of hydrogen-bond acceptors (Lipinski definition) is 7. The van der Waals surface area contributed by atoms with E-state index in [0.717, 1.165) is 4.90 Å². The summed E-state index contributed by atoms with van der Waals surface area (Å²) in [5.74, 6) is -0.821. The quantitative estimate of drug-likeness (QED) is 0.708. The van der Waals surface area contributed by atoms with Crippen molar-refractivity contribution in [3.8, 4) is 22.6 Å². The van der Waals surface area contributed by atoms with Crippen LogP contribution in [-0.2, 0) is 16.6 Å². The molecule has 1 aromatic carbocycles. The van der Waals surface area contributed by atoms with Gasteiger partial charge >= 0.3 is 6.09 Å². The van der Waals surface area contributed by atoms with Gasteiger partial charge < -0.3 is 10.5 Å². The van der Waals surface area contributed by atoms with Crippen LogP contribution in [0.2, 0.25) is 0 Å². The third-order valence-corrected chi connectivity index (χ3v) is 4.32. The summed E-state index contributed by atoms with van der Waals surface area (Å²) >= 11 is 0. The van der Waals surface area contributed by atoms with Crippen molar-refractivity contribution in [2.24, 2.45) is 12.8 Å². The largest absolute Gasteiger partial charge is 0.434 e. The number of anilines is 1. The van der Waals surface area contributed by atoms with Crippen molar-refractivity contribution in [3.05, 3.63) is 42.3 Å². The van der Waals surface area contributed by atoms with Crippen LogP contribution in [0.15, 0.2) is 36.5 Å². The van der Waals surface area contributed by atoms with E-state index >= 15 is 0 Å². The highest BCUT2D eigenvalue weighted by Gasteiger charge is 2.36. The summed E-state index contributed by atoms with van der Waals surface area (Å²) in [5, 5.41) is 11.2. The first-order valence-corrected chi connectivity index (χ1v) is 8.20. The Bertz CT molecular complexity index is 1070. The van der Waals surface area contributed by atoms with Gasteiger partial charge in [0.05, 0.1) is 12.2 Å². The fourth-order valence-electron chi connectivity index (χ4n) is 2.86. The molecule has 0 radical (unpaired) electrons. The minimum atomic E-state index is -1.05. The molecule has 142 valence electrons. The van der Waals surface area contributed by atoms with Crippen LogP contribution in [0, 0.1) is 5.82 Å². The molecule has 0 bridgehead atoms. The Hall–Kier alpha value is -3.89. The number of tetrazole rings is 1. The van der Waals surface area contributed by atoms with Crippen LogP contribution in [0.4, 0.5) is 14.9 Å². The van der Waals surface area contributed by atoms with Gasteiger partial charge in [-0.25, -0.2) is 13.9 Å². The maximum absolute atomic E-state index is 14.7. The summed E-state index contributed by atoms with van der Waals surface area (Å²) in [7, 11) is 1.69. The Morgan fingerprint density at radius 2 is 2.14 bits per heavy atom. The fourth-order valence-corrected chi connectivity index (χ4v) is 2.86. The zero-order valence-electron chi connectivity index (χ0n) is 14.6. The van der Waals surface area contributed by atoms with Crippen molar-refractivity contribution < 1.29 is 18.7 Å². The van der Waals surface area contributed by atoms with E-state index in [2.05, 4.69) is 20.5 Å². The summed E-state index contributed by atoms with van der Waals surface area (Å²) in [6.45, 7) is -0.0606.